The van der Waals surface area contributed by atoms with Crippen molar-refractivity contribution in [2.75, 3.05) is 18.5 Å². The molecule has 0 N–H and O–H groups in total. The van der Waals surface area contributed by atoms with Gasteiger partial charge in [-0.25, -0.2) is 0 Å². The van der Waals surface area contributed by atoms with Crippen LogP contribution in [-0.2, 0) is 6.42 Å². The molecular formula is C15H16N2. The molecule has 0 radical (unpaired) electrons. The molecular weight excluding hydrogens is 208 g/mol. The fourth-order valence-corrected chi connectivity index (χ4v) is 2.42. The molecule has 0 unspecified atom stereocenters. The number of anilines is 1. The monoisotopic (exact) mass is 224 g/mol. The molecule has 2 heteroatoms. The average molecular weight is 224 g/mol. The van der Waals surface area contributed by atoms with Crippen molar-refractivity contribution < 1.29 is 0 Å². The molecule has 17 heavy (non-hydrogen) atoms. The maximum absolute atomic E-state index is 4.44. The van der Waals surface area contributed by atoms with Crippen molar-refractivity contribution in [1.82, 2.24) is 4.98 Å². The van der Waals surface area contributed by atoms with Crippen LogP contribution in [0.25, 0.3) is 11.3 Å². The molecule has 86 valence electrons. The second-order valence-corrected chi connectivity index (χ2v) is 4.73. The predicted molar refractivity (Wildman–Crippen MR) is 71.4 cm³/mol. The summed E-state index contributed by atoms with van der Waals surface area (Å²) in [6.45, 7) is 3.23. The predicted octanol–water partition coefficient (Wildman–Crippen LogP) is 3.05. The molecule has 0 bridgehead atoms. The van der Waals surface area contributed by atoms with Gasteiger partial charge in [0, 0.05) is 31.0 Å². The quantitative estimate of drug-likeness (QED) is 0.740. The second-order valence-electron chi connectivity index (χ2n) is 4.73. The van der Waals surface area contributed by atoms with Crippen molar-refractivity contribution in [3.63, 3.8) is 0 Å². The Kier molecular flexibility index (Phi) is 2.36. The van der Waals surface area contributed by atoms with Crippen LogP contribution in [-0.4, -0.2) is 18.6 Å². The molecule has 0 saturated carbocycles. The van der Waals surface area contributed by atoms with Crippen LogP contribution >= 0.6 is 0 Å². The van der Waals surface area contributed by atoms with Crippen LogP contribution < -0.4 is 4.90 Å². The van der Waals surface area contributed by atoms with Gasteiger partial charge in [-0.3, -0.25) is 4.98 Å². The summed E-state index contributed by atoms with van der Waals surface area (Å²) in [6.07, 6.45) is 3.02. The Morgan fingerprint density at radius 1 is 1.18 bits per heavy atom. The maximum Gasteiger partial charge on any atom is 0.0704 e. The fourth-order valence-electron chi connectivity index (χ4n) is 2.42. The van der Waals surface area contributed by atoms with Crippen LogP contribution in [0.3, 0.4) is 0 Å². The maximum atomic E-state index is 4.44. The van der Waals surface area contributed by atoms with Crippen LogP contribution in [0.15, 0.2) is 36.5 Å². The first-order valence-electron chi connectivity index (χ1n) is 6.01. The van der Waals surface area contributed by atoms with Crippen LogP contribution in [0.2, 0.25) is 0 Å². The molecule has 0 aliphatic carbocycles. The van der Waals surface area contributed by atoms with E-state index in [2.05, 4.69) is 48.1 Å². The average Bonchev–Trinajstić information content (AvgIpc) is 2.71. The molecule has 2 heterocycles. The Bertz CT molecular complexity index is 561. The number of aromatic nitrogens is 1. The lowest BCUT2D eigenvalue weighted by atomic mass is 10.0. The second kappa shape index (κ2) is 3.88. The summed E-state index contributed by atoms with van der Waals surface area (Å²) < 4.78 is 0. The van der Waals surface area contributed by atoms with E-state index in [9.17, 15) is 0 Å². The van der Waals surface area contributed by atoms with Gasteiger partial charge < -0.3 is 4.90 Å². The van der Waals surface area contributed by atoms with Gasteiger partial charge in [-0.1, -0.05) is 6.07 Å². The van der Waals surface area contributed by atoms with Crippen molar-refractivity contribution in [1.29, 1.82) is 0 Å². The number of hydrogen-bond acceptors (Lipinski definition) is 2. The smallest absolute Gasteiger partial charge is 0.0704 e. The Morgan fingerprint density at radius 2 is 2.06 bits per heavy atom. The summed E-state index contributed by atoms with van der Waals surface area (Å²) in [5.41, 5.74) is 6.35. The molecule has 0 atom stereocenters. The zero-order valence-corrected chi connectivity index (χ0v) is 10.3. The summed E-state index contributed by atoms with van der Waals surface area (Å²) >= 11 is 0. The fraction of sp³-hybridized carbons (Fsp3) is 0.267. The van der Waals surface area contributed by atoms with E-state index in [4.69, 9.17) is 0 Å². The first-order valence-corrected chi connectivity index (χ1v) is 6.01. The molecule has 2 nitrogen and oxygen atoms in total. The Hall–Kier alpha value is -1.83. The molecule has 3 rings (SSSR count). The standard InChI is InChI=1S/C15H16N2/c1-11-5-7-16-14(9-11)12-3-4-15-13(10-12)6-8-17(15)2/h3-5,7,9-10H,6,8H2,1-2H3. The van der Waals surface area contributed by atoms with Crippen LogP contribution in [0.4, 0.5) is 5.69 Å². The van der Waals surface area contributed by atoms with Gasteiger partial charge >= 0.3 is 0 Å². The Balaban J connectivity index is 2.06. The largest absolute Gasteiger partial charge is 0.374 e. The number of fused-ring (bicyclic) bond motifs is 1. The molecule has 1 aliphatic rings. The van der Waals surface area contributed by atoms with E-state index in [0.717, 1.165) is 18.7 Å². The number of nitrogens with zero attached hydrogens (tertiary/aromatic N) is 2. The molecule has 0 fully saturated rings. The van der Waals surface area contributed by atoms with Gasteiger partial charge in [0.1, 0.15) is 0 Å². The molecule has 0 spiro atoms. The summed E-state index contributed by atoms with van der Waals surface area (Å²) in [7, 11) is 2.15. The normalized spacial score (nSPS) is 13.9. The molecule has 0 saturated heterocycles. The van der Waals surface area contributed by atoms with Crippen LogP contribution in [0.1, 0.15) is 11.1 Å². The van der Waals surface area contributed by atoms with E-state index in [1.54, 1.807) is 0 Å². The molecule has 2 aromatic rings. The number of aryl methyl sites for hydroxylation is 1. The summed E-state index contributed by atoms with van der Waals surface area (Å²) in [5, 5.41) is 0. The minimum atomic E-state index is 1.07. The van der Waals surface area contributed by atoms with Crippen molar-refractivity contribution in [3.8, 4) is 11.3 Å². The Morgan fingerprint density at radius 3 is 2.88 bits per heavy atom. The zero-order valence-electron chi connectivity index (χ0n) is 10.3. The van der Waals surface area contributed by atoms with Crippen molar-refractivity contribution in [2.24, 2.45) is 0 Å². The summed E-state index contributed by atoms with van der Waals surface area (Å²) in [6, 6.07) is 10.8. The first kappa shape index (κ1) is 10.3. The molecule has 0 amide bonds. The van der Waals surface area contributed by atoms with E-state index in [-0.39, 0.29) is 0 Å². The van der Waals surface area contributed by atoms with Gasteiger partial charge in [0.05, 0.1) is 5.69 Å². The van der Waals surface area contributed by atoms with Crippen molar-refractivity contribution >= 4 is 5.69 Å². The van der Waals surface area contributed by atoms with E-state index >= 15 is 0 Å². The first-order chi connectivity index (χ1) is 8.24. The number of benzene rings is 1. The molecule has 1 aliphatic heterocycles. The lowest BCUT2D eigenvalue weighted by Crippen LogP contribution is -2.12. The van der Waals surface area contributed by atoms with Gasteiger partial charge in [0.2, 0.25) is 0 Å². The SMILES string of the molecule is Cc1ccnc(-c2ccc3c(c2)CCN3C)c1. The van der Waals surface area contributed by atoms with E-state index in [1.807, 2.05) is 12.3 Å². The zero-order chi connectivity index (χ0) is 11.8. The van der Waals surface area contributed by atoms with Gasteiger partial charge in [-0.05, 0) is 48.7 Å². The number of pyridine rings is 1. The lowest BCUT2D eigenvalue weighted by molar-refractivity contribution is 0.956. The number of hydrogen-bond donors (Lipinski definition) is 0. The summed E-state index contributed by atoms with van der Waals surface area (Å²) in [5.74, 6) is 0. The van der Waals surface area contributed by atoms with E-state index < -0.39 is 0 Å². The lowest BCUT2D eigenvalue weighted by Gasteiger charge is -2.12. The topological polar surface area (TPSA) is 16.1 Å². The third-order valence-electron chi connectivity index (χ3n) is 3.42. The van der Waals surface area contributed by atoms with Gasteiger partial charge in [0.15, 0.2) is 0 Å². The third kappa shape index (κ3) is 1.80. The molecule has 1 aromatic carbocycles. The van der Waals surface area contributed by atoms with Gasteiger partial charge in [0.25, 0.3) is 0 Å². The minimum Gasteiger partial charge on any atom is -0.374 e. The van der Waals surface area contributed by atoms with Gasteiger partial charge in [-0.2, -0.15) is 0 Å². The summed E-state index contributed by atoms with van der Waals surface area (Å²) in [4.78, 5) is 6.75. The highest BCUT2D eigenvalue weighted by Crippen LogP contribution is 2.30. The minimum absolute atomic E-state index is 1.07. The van der Waals surface area contributed by atoms with Crippen LogP contribution in [0.5, 0.6) is 0 Å². The Labute approximate surface area is 102 Å². The van der Waals surface area contributed by atoms with Crippen LogP contribution in [0, 0.1) is 6.92 Å². The highest BCUT2D eigenvalue weighted by atomic mass is 15.1. The van der Waals surface area contributed by atoms with E-state index in [0.29, 0.717) is 0 Å². The number of rotatable bonds is 1. The third-order valence-corrected chi connectivity index (χ3v) is 3.42. The van der Waals surface area contributed by atoms with Crippen molar-refractivity contribution in [3.05, 3.63) is 47.7 Å². The van der Waals surface area contributed by atoms with Crippen molar-refractivity contribution in [2.45, 2.75) is 13.3 Å². The molecule has 1 aromatic heterocycles. The van der Waals surface area contributed by atoms with Gasteiger partial charge in [-0.15, -0.1) is 0 Å². The highest BCUT2D eigenvalue weighted by Gasteiger charge is 2.15. The number of likely N-dealkylation sites (N-methyl/N-ethyl adjacent to an activating group) is 1. The van der Waals surface area contributed by atoms with E-state index in [1.165, 1.54) is 22.4 Å². The highest BCUT2D eigenvalue weighted by molar-refractivity contribution is 5.68.